The third-order valence-corrected chi connectivity index (χ3v) is 8.16. The second-order valence-electron chi connectivity index (χ2n) is 8.33. The zero-order valence-electron chi connectivity index (χ0n) is 21.2. The molecule has 1 atom stereocenters. The van der Waals surface area contributed by atoms with Crippen molar-refractivity contribution in [3.8, 4) is 5.75 Å². The van der Waals surface area contributed by atoms with Crippen molar-refractivity contribution in [2.45, 2.75) is 38.6 Å². The molecule has 2 N–H and O–H groups in total. The van der Waals surface area contributed by atoms with E-state index in [9.17, 15) is 18.4 Å². The van der Waals surface area contributed by atoms with Crippen LogP contribution in [0.1, 0.15) is 48.3 Å². The van der Waals surface area contributed by atoms with Crippen LogP contribution >= 0.6 is 0 Å². The lowest BCUT2D eigenvalue weighted by atomic mass is 10.0. The number of benzene rings is 3. The van der Waals surface area contributed by atoms with Gasteiger partial charge in [-0.2, -0.15) is 0 Å². The molecule has 0 aliphatic carbocycles. The van der Waals surface area contributed by atoms with Gasteiger partial charge in [0.15, 0.2) is 0 Å². The van der Waals surface area contributed by atoms with E-state index in [1.807, 2.05) is 24.3 Å². The molecule has 8 nitrogen and oxygen atoms in total. The van der Waals surface area contributed by atoms with E-state index in [2.05, 4.69) is 18.7 Å². The molecule has 0 saturated carbocycles. The number of rotatable bonds is 10. The molecule has 36 heavy (non-hydrogen) atoms. The fraction of sp³-hybridized carbons (Fsp3) is 0.296. The van der Waals surface area contributed by atoms with Crippen LogP contribution in [0.3, 0.4) is 0 Å². The summed E-state index contributed by atoms with van der Waals surface area (Å²) in [4.78, 5) is 14.8. The maximum atomic E-state index is 14.1. The molecule has 3 aromatic rings. The zero-order chi connectivity index (χ0) is 26.5. The summed E-state index contributed by atoms with van der Waals surface area (Å²) in [5.74, 6) is -0.274. The molecule has 0 saturated heterocycles. The maximum Gasteiger partial charge on any atom is 0.276 e. The topological polar surface area (TPSA) is 99.2 Å². The minimum absolute atomic E-state index is 0.0428. The van der Waals surface area contributed by atoms with E-state index >= 15 is 0 Å². The van der Waals surface area contributed by atoms with Crippen LogP contribution in [0.15, 0.2) is 71.6 Å². The summed E-state index contributed by atoms with van der Waals surface area (Å²) in [5, 5.41) is 9.36. The van der Waals surface area contributed by atoms with Crippen molar-refractivity contribution in [1.29, 1.82) is 0 Å². The van der Waals surface area contributed by atoms with Gasteiger partial charge >= 0.3 is 0 Å². The maximum absolute atomic E-state index is 14.1. The van der Waals surface area contributed by atoms with Gasteiger partial charge in [0.1, 0.15) is 5.75 Å². The monoisotopic (exact) mass is 511 g/mol. The standard InChI is InChI=1S/C27H33N3O5S/c1-6-29(7-2)22-13-11-21(12-14-22)20(4)30(26-19(3)9-8-10-25(26)27(31)28-32)36(33,34)24-17-15-23(35-5)16-18-24/h8-18,20,32H,6-7H2,1-5H3,(H,28,31). The highest BCUT2D eigenvalue weighted by molar-refractivity contribution is 7.92. The molecular formula is C27H33N3O5S. The van der Waals surface area contributed by atoms with Crippen LogP contribution in [-0.4, -0.2) is 39.7 Å². The summed E-state index contributed by atoms with van der Waals surface area (Å²) in [6.45, 7) is 9.37. The van der Waals surface area contributed by atoms with E-state index < -0.39 is 22.0 Å². The summed E-state index contributed by atoms with van der Waals surface area (Å²) in [7, 11) is -2.64. The molecule has 0 radical (unpaired) electrons. The highest BCUT2D eigenvalue weighted by atomic mass is 32.2. The van der Waals surface area contributed by atoms with Gasteiger partial charge in [0, 0.05) is 18.8 Å². The Morgan fingerprint density at radius 2 is 1.61 bits per heavy atom. The summed E-state index contributed by atoms with van der Waals surface area (Å²) in [5.41, 5.74) is 4.24. The van der Waals surface area contributed by atoms with Gasteiger partial charge in [-0.1, -0.05) is 24.3 Å². The molecule has 1 amide bonds. The molecule has 9 heteroatoms. The van der Waals surface area contributed by atoms with Crippen LogP contribution in [0.2, 0.25) is 0 Å². The van der Waals surface area contributed by atoms with Crippen molar-refractivity contribution >= 4 is 27.3 Å². The minimum Gasteiger partial charge on any atom is -0.497 e. The molecule has 3 aromatic carbocycles. The van der Waals surface area contributed by atoms with E-state index in [0.29, 0.717) is 11.3 Å². The number of aryl methyl sites for hydroxylation is 1. The van der Waals surface area contributed by atoms with E-state index in [1.165, 1.54) is 29.6 Å². The number of carbonyl (C=O) groups is 1. The van der Waals surface area contributed by atoms with Crippen molar-refractivity contribution < 1.29 is 23.2 Å². The number of hydroxylamine groups is 1. The van der Waals surface area contributed by atoms with Gasteiger partial charge < -0.3 is 9.64 Å². The van der Waals surface area contributed by atoms with Crippen molar-refractivity contribution in [3.63, 3.8) is 0 Å². The number of ether oxygens (including phenoxy) is 1. The first-order chi connectivity index (χ1) is 17.2. The summed E-state index contributed by atoms with van der Waals surface area (Å²) >= 11 is 0. The summed E-state index contributed by atoms with van der Waals surface area (Å²) in [6.07, 6.45) is 0. The van der Waals surface area contributed by atoms with Crippen molar-refractivity contribution in [2.75, 3.05) is 29.4 Å². The van der Waals surface area contributed by atoms with E-state index in [0.717, 1.165) is 24.3 Å². The summed E-state index contributed by atoms with van der Waals surface area (Å²) < 4.78 is 34.7. The van der Waals surface area contributed by atoms with Crippen LogP contribution in [0.25, 0.3) is 0 Å². The number of amides is 1. The molecular weight excluding hydrogens is 478 g/mol. The molecule has 0 bridgehead atoms. The number of anilines is 2. The van der Waals surface area contributed by atoms with Gasteiger partial charge in [0.05, 0.1) is 29.3 Å². The number of hydrogen-bond donors (Lipinski definition) is 2. The van der Waals surface area contributed by atoms with E-state index in [-0.39, 0.29) is 16.1 Å². The number of nitrogens with one attached hydrogen (secondary N) is 1. The number of carbonyl (C=O) groups excluding carboxylic acids is 1. The zero-order valence-corrected chi connectivity index (χ0v) is 22.0. The average Bonchev–Trinajstić information content (AvgIpc) is 2.90. The first-order valence-corrected chi connectivity index (χ1v) is 13.2. The third-order valence-electron chi connectivity index (χ3n) is 6.28. The molecule has 0 aliphatic heterocycles. The quantitative estimate of drug-likeness (QED) is 0.296. The minimum atomic E-state index is -4.14. The lowest BCUT2D eigenvalue weighted by Gasteiger charge is -2.33. The normalized spacial score (nSPS) is 12.1. The molecule has 0 heterocycles. The van der Waals surface area contributed by atoms with Gasteiger partial charge in [0.2, 0.25) is 0 Å². The SMILES string of the molecule is CCN(CC)c1ccc(C(C)N(c2c(C)cccc2C(=O)NO)S(=O)(=O)c2ccc(OC)cc2)cc1. The van der Waals surface area contributed by atoms with Crippen LogP contribution < -0.4 is 19.4 Å². The van der Waals surface area contributed by atoms with Crippen LogP contribution in [0.5, 0.6) is 5.75 Å². The molecule has 0 spiro atoms. The predicted octanol–water partition coefficient (Wildman–Crippen LogP) is 4.93. The Morgan fingerprint density at radius 3 is 2.14 bits per heavy atom. The molecule has 3 rings (SSSR count). The fourth-order valence-electron chi connectivity index (χ4n) is 4.27. The average molecular weight is 512 g/mol. The first-order valence-electron chi connectivity index (χ1n) is 11.8. The Kier molecular flexibility index (Phi) is 8.60. The van der Waals surface area contributed by atoms with Gasteiger partial charge in [-0.25, -0.2) is 13.9 Å². The lowest BCUT2D eigenvalue weighted by molar-refractivity contribution is 0.0707. The Balaban J connectivity index is 2.22. The predicted molar refractivity (Wildman–Crippen MR) is 142 cm³/mol. The molecule has 192 valence electrons. The van der Waals surface area contributed by atoms with Crippen molar-refractivity contribution in [2.24, 2.45) is 0 Å². The van der Waals surface area contributed by atoms with Crippen LogP contribution in [0.4, 0.5) is 11.4 Å². The van der Waals surface area contributed by atoms with Crippen LogP contribution in [-0.2, 0) is 10.0 Å². The molecule has 0 aliphatic rings. The summed E-state index contributed by atoms with van der Waals surface area (Å²) in [6, 6.07) is 18.0. The Bertz CT molecular complexity index is 1290. The molecule has 0 fully saturated rings. The fourth-order valence-corrected chi connectivity index (χ4v) is 5.99. The second-order valence-corrected chi connectivity index (χ2v) is 10.1. The van der Waals surface area contributed by atoms with E-state index in [4.69, 9.17) is 4.74 Å². The highest BCUT2D eigenvalue weighted by Gasteiger charge is 2.34. The van der Waals surface area contributed by atoms with Gasteiger partial charge in [-0.15, -0.1) is 0 Å². The first kappa shape index (κ1) is 27.0. The van der Waals surface area contributed by atoms with Crippen molar-refractivity contribution in [1.82, 2.24) is 5.48 Å². The third kappa shape index (κ3) is 5.32. The van der Waals surface area contributed by atoms with Crippen LogP contribution in [0, 0.1) is 6.92 Å². The number of hydrogen-bond acceptors (Lipinski definition) is 6. The van der Waals surface area contributed by atoms with Gasteiger partial charge in [-0.3, -0.25) is 14.3 Å². The van der Waals surface area contributed by atoms with Gasteiger partial charge in [0.25, 0.3) is 15.9 Å². The lowest BCUT2D eigenvalue weighted by Crippen LogP contribution is -2.36. The molecule has 0 aromatic heterocycles. The Morgan fingerprint density at radius 1 is 1.00 bits per heavy atom. The molecule has 1 unspecified atom stereocenters. The number of para-hydroxylation sites is 1. The number of nitrogens with zero attached hydrogens (tertiary/aromatic N) is 2. The van der Waals surface area contributed by atoms with Crippen molar-refractivity contribution in [3.05, 3.63) is 83.4 Å². The Labute approximate surface area is 213 Å². The van der Waals surface area contributed by atoms with E-state index in [1.54, 1.807) is 43.6 Å². The largest absolute Gasteiger partial charge is 0.497 e. The second kappa shape index (κ2) is 11.5. The smallest absolute Gasteiger partial charge is 0.276 e. The van der Waals surface area contributed by atoms with Gasteiger partial charge in [-0.05, 0) is 81.3 Å². The Hall–Kier alpha value is -3.56. The number of methoxy groups -OCH3 is 1. The highest BCUT2D eigenvalue weighted by Crippen LogP contribution is 2.38. The number of sulfonamides is 1.